The molecule has 0 fully saturated rings. The third kappa shape index (κ3) is 3.82. The Morgan fingerprint density at radius 3 is 2.89 bits per heavy atom. The van der Waals surface area contributed by atoms with E-state index >= 15 is 0 Å². The van der Waals surface area contributed by atoms with E-state index in [1.165, 1.54) is 16.2 Å². The van der Waals surface area contributed by atoms with Crippen LogP contribution in [0.5, 0.6) is 5.75 Å². The van der Waals surface area contributed by atoms with Gasteiger partial charge in [-0.25, -0.2) is 4.98 Å². The van der Waals surface area contributed by atoms with Crippen LogP contribution in [0.1, 0.15) is 0 Å². The van der Waals surface area contributed by atoms with Gasteiger partial charge in [-0.2, -0.15) is 0 Å². The fourth-order valence-electron chi connectivity index (χ4n) is 2.78. The van der Waals surface area contributed by atoms with Gasteiger partial charge >= 0.3 is 0 Å². The lowest BCUT2D eigenvalue weighted by atomic mass is 10.2. The average Bonchev–Trinajstić information content (AvgIpc) is 3.12. The van der Waals surface area contributed by atoms with Crippen LogP contribution in [0.3, 0.4) is 0 Å². The van der Waals surface area contributed by atoms with E-state index in [9.17, 15) is 9.59 Å². The second-order valence-electron chi connectivity index (χ2n) is 5.95. The van der Waals surface area contributed by atoms with Crippen LogP contribution in [-0.2, 0) is 9.59 Å². The van der Waals surface area contributed by atoms with Crippen molar-refractivity contribution in [1.29, 1.82) is 0 Å². The number of para-hydroxylation sites is 2. The van der Waals surface area contributed by atoms with Gasteiger partial charge < -0.3 is 10.1 Å². The molecule has 4 rings (SSSR count). The molecule has 0 atom stereocenters. The van der Waals surface area contributed by atoms with Crippen LogP contribution in [0.15, 0.2) is 47.8 Å². The van der Waals surface area contributed by atoms with Gasteiger partial charge in [0.2, 0.25) is 5.91 Å². The zero-order valence-electron chi connectivity index (χ0n) is 14.3. The first-order valence-electron chi connectivity index (χ1n) is 8.24. The number of hydrogen-bond acceptors (Lipinski definition) is 5. The maximum absolute atomic E-state index is 12.5. The standard InChI is InChI=1S/C19H13Cl2N3O3S/c20-11-5-6-12(13(21)7-11)14-10-28-19(22-14)23-17(25)8-24-15-3-1-2-4-16(15)27-9-18(24)26/h1-7,10H,8-9H2,(H,22,23,25). The first-order valence-corrected chi connectivity index (χ1v) is 9.88. The van der Waals surface area contributed by atoms with Gasteiger partial charge in [-0.15, -0.1) is 11.3 Å². The first-order chi connectivity index (χ1) is 13.5. The maximum atomic E-state index is 12.5. The van der Waals surface area contributed by atoms with E-state index in [1.54, 1.807) is 41.8 Å². The van der Waals surface area contributed by atoms with Crippen molar-refractivity contribution in [3.05, 3.63) is 57.9 Å². The van der Waals surface area contributed by atoms with Gasteiger partial charge in [0, 0.05) is 16.0 Å². The third-order valence-corrected chi connectivity index (χ3v) is 5.37. The number of anilines is 2. The van der Waals surface area contributed by atoms with Crippen LogP contribution in [0.4, 0.5) is 10.8 Å². The van der Waals surface area contributed by atoms with E-state index in [2.05, 4.69) is 10.3 Å². The van der Waals surface area contributed by atoms with Gasteiger partial charge in [0.1, 0.15) is 12.3 Å². The van der Waals surface area contributed by atoms with E-state index in [1.807, 2.05) is 6.07 Å². The van der Waals surface area contributed by atoms with Crippen LogP contribution < -0.4 is 15.0 Å². The number of aromatic nitrogens is 1. The van der Waals surface area contributed by atoms with Crippen molar-refractivity contribution in [2.75, 3.05) is 23.4 Å². The SMILES string of the molecule is O=C(CN1C(=O)COc2ccccc21)Nc1nc(-c2ccc(Cl)cc2Cl)cs1. The molecule has 1 aliphatic heterocycles. The van der Waals surface area contributed by atoms with Crippen molar-refractivity contribution in [3.8, 4) is 17.0 Å². The molecule has 0 unspecified atom stereocenters. The molecule has 6 nitrogen and oxygen atoms in total. The van der Waals surface area contributed by atoms with Gasteiger partial charge in [-0.3, -0.25) is 14.5 Å². The Labute approximate surface area is 174 Å². The average molecular weight is 434 g/mol. The number of carbonyl (C=O) groups excluding carboxylic acids is 2. The molecule has 1 N–H and O–H groups in total. The zero-order valence-corrected chi connectivity index (χ0v) is 16.6. The van der Waals surface area contributed by atoms with Gasteiger partial charge in [0.05, 0.1) is 16.4 Å². The molecule has 0 spiro atoms. The van der Waals surface area contributed by atoms with E-state index in [4.69, 9.17) is 27.9 Å². The highest BCUT2D eigenvalue weighted by Crippen LogP contribution is 2.33. The molecule has 142 valence electrons. The molecule has 2 heterocycles. The van der Waals surface area contributed by atoms with E-state index in [0.29, 0.717) is 32.3 Å². The normalized spacial score (nSPS) is 13.1. The summed E-state index contributed by atoms with van der Waals surface area (Å²) in [4.78, 5) is 30.5. The Hall–Kier alpha value is -2.61. The number of ether oxygens (including phenoxy) is 1. The number of thiazole rings is 1. The van der Waals surface area contributed by atoms with E-state index in [-0.39, 0.29) is 25.0 Å². The molecular weight excluding hydrogens is 421 g/mol. The molecule has 0 aliphatic carbocycles. The lowest BCUT2D eigenvalue weighted by molar-refractivity contribution is -0.123. The highest BCUT2D eigenvalue weighted by atomic mass is 35.5. The molecule has 0 saturated heterocycles. The first kappa shape index (κ1) is 18.7. The molecule has 3 aromatic rings. The van der Waals surface area contributed by atoms with Gasteiger partial charge in [-0.1, -0.05) is 35.3 Å². The van der Waals surface area contributed by atoms with Crippen LogP contribution >= 0.6 is 34.5 Å². The van der Waals surface area contributed by atoms with Gasteiger partial charge in [0.15, 0.2) is 11.7 Å². The predicted octanol–water partition coefficient (Wildman–Crippen LogP) is 4.48. The fourth-order valence-corrected chi connectivity index (χ4v) is 4.01. The maximum Gasteiger partial charge on any atom is 0.265 e. The largest absolute Gasteiger partial charge is 0.482 e. The summed E-state index contributed by atoms with van der Waals surface area (Å²) >= 11 is 13.4. The molecule has 1 aromatic heterocycles. The van der Waals surface area contributed by atoms with E-state index in [0.717, 1.165) is 5.56 Å². The molecule has 1 aliphatic rings. The highest BCUT2D eigenvalue weighted by molar-refractivity contribution is 7.14. The number of hydrogen-bond donors (Lipinski definition) is 1. The molecule has 28 heavy (non-hydrogen) atoms. The van der Waals surface area contributed by atoms with Crippen molar-refractivity contribution in [3.63, 3.8) is 0 Å². The summed E-state index contributed by atoms with van der Waals surface area (Å²) in [6, 6.07) is 12.2. The van der Waals surface area contributed by atoms with E-state index < -0.39 is 0 Å². The number of nitrogens with one attached hydrogen (secondary N) is 1. The summed E-state index contributed by atoms with van der Waals surface area (Å²) in [5.41, 5.74) is 1.93. The van der Waals surface area contributed by atoms with Crippen molar-refractivity contribution in [2.45, 2.75) is 0 Å². The summed E-state index contributed by atoms with van der Waals surface area (Å²) in [6.45, 7) is -0.226. The van der Waals surface area contributed by atoms with Gasteiger partial charge in [-0.05, 0) is 30.3 Å². The molecule has 2 aromatic carbocycles. The van der Waals surface area contributed by atoms with Crippen LogP contribution in [0.25, 0.3) is 11.3 Å². The lowest BCUT2D eigenvalue weighted by Crippen LogP contribution is -2.43. The Morgan fingerprint density at radius 1 is 1.25 bits per heavy atom. The molecule has 9 heteroatoms. The Balaban J connectivity index is 1.48. The minimum Gasteiger partial charge on any atom is -0.482 e. The molecular formula is C19H13Cl2N3O3S. The topological polar surface area (TPSA) is 71.5 Å². The Kier molecular flexibility index (Phi) is 5.21. The Morgan fingerprint density at radius 2 is 2.07 bits per heavy atom. The summed E-state index contributed by atoms with van der Waals surface area (Å²) in [6.07, 6.45) is 0. The predicted molar refractivity (Wildman–Crippen MR) is 110 cm³/mol. The van der Waals surface area contributed by atoms with Gasteiger partial charge in [0.25, 0.3) is 5.91 Å². The third-order valence-electron chi connectivity index (χ3n) is 4.07. The second-order valence-corrected chi connectivity index (χ2v) is 7.65. The zero-order chi connectivity index (χ0) is 19.7. The van der Waals surface area contributed by atoms with Crippen molar-refractivity contribution < 1.29 is 14.3 Å². The summed E-state index contributed by atoms with van der Waals surface area (Å²) < 4.78 is 5.38. The Bertz CT molecular complexity index is 1070. The van der Waals surface area contributed by atoms with Crippen LogP contribution in [0.2, 0.25) is 10.0 Å². The number of nitrogens with zero attached hydrogens (tertiary/aromatic N) is 2. The summed E-state index contributed by atoms with van der Waals surface area (Å²) in [7, 11) is 0. The smallest absolute Gasteiger partial charge is 0.265 e. The number of carbonyl (C=O) groups is 2. The van der Waals surface area contributed by atoms with Crippen molar-refractivity contribution in [1.82, 2.24) is 4.98 Å². The fraction of sp³-hybridized carbons (Fsp3) is 0.105. The second kappa shape index (κ2) is 7.79. The van der Waals surface area contributed by atoms with Crippen LogP contribution in [0, 0.1) is 0 Å². The number of fused-ring (bicyclic) bond motifs is 1. The molecule has 2 amide bonds. The van der Waals surface area contributed by atoms with Crippen LogP contribution in [-0.4, -0.2) is 29.9 Å². The monoisotopic (exact) mass is 433 g/mol. The number of benzene rings is 2. The molecule has 0 saturated carbocycles. The number of halogens is 2. The molecule has 0 radical (unpaired) electrons. The summed E-state index contributed by atoms with van der Waals surface area (Å²) in [5, 5.41) is 5.95. The number of amides is 2. The van der Waals surface area contributed by atoms with Crippen molar-refractivity contribution >= 4 is 57.2 Å². The van der Waals surface area contributed by atoms with Crippen molar-refractivity contribution in [2.24, 2.45) is 0 Å². The minimum absolute atomic E-state index is 0.0965. The molecule has 0 bridgehead atoms. The lowest BCUT2D eigenvalue weighted by Gasteiger charge is -2.28. The number of rotatable bonds is 4. The minimum atomic E-state index is -0.354. The summed E-state index contributed by atoms with van der Waals surface area (Å²) in [5.74, 6) is -0.0569. The highest BCUT2D eigenvalue weighted by Gasteiger charge is 2.27. The quantitative estimate of drug-likeness (QED) is 0.658.